The standard InChI is InChI=1S/C14H14N2O4/c17-11-7-3-1-2-4(8(7)12(18)15-11)6-5(3)9-10(6)14(20)16-13(9)19/h3-10H,1-2H2,(H,15,17,18)(H,16,19,20)/t3-,4+,5-,6-,7-,8-,9-,10-/m1/s1. The fourth-order valence-electron chi connectivity index (χ4n) is 6.02. The topological polar surface area (TPSA) is 92.3 Å². The van der Waals surface area contributed by atoms with Crippen LogP contribution in [0.5, 0.6) is 0 Å². The van der Waals surface area contributed by atoms with Gasteiger partial charge in [-0.25, -0.2) is 0 Å². The quantitative estimate of drug-likeness (QED) is 0.557. The molecule has 0 aromatic carbocycles. The Kier molecular flexibility index (Phi) is 1.72. The molecule has 4 saturated carbocycles. The van der Waals surface area contributed by atoms with E-state index in [0.29, 0.717) is 0 Å². The van der Waals surface area contributed by atoms with E-state index in [4.69, 9.17) is 0 Å². The normalized spacial score (nSPS) is 54.8. The lowest BCUT2D eigenvalue weighted by atomic mass is 9.38. The van der Waals surface area contributed by atoms with Crippen LogP contribution in [0.2, 0.25) is 0 Å². The first-order chi connectivity index (χ1) is 9.59. The zero-order valence-electron chi connectivity index (χ0n) is 10.7. The predicted octanol–water partition coefficient (Wildman–Crippen LogP) is -0.950. The minimum absolute atomic E-state index is 0.0966. The van der Waals surface area contributed by atoms with Crippen LogP contribution in [0, 0.1) is 47.3 Å². The SMILES string of the molecule is O=C1NC(=O)[C@@H]2[C@@H]3CC[C@H]([C@@H]12)[C@H]1[C@H]2C(=O)NC(=O)[C@@H]2[C@H]31. The second-order valence-corrected chi connectivity index (χ2v) is 6.87. The molecule has 0 radical (unpaired) electrons. The van der Waals surface area contributed by atoms with E-state index in [0.717, 1.165) is 12.8 Å². The zero-order chi connectivity index (χ0) is 13.8. The third-order valence-corrected chi connectivity index (χ3v) is 6.50. The largest absolute Gasteiger partial charge is 0.296 e. The first-order valence-electron chi connectivity index (χ1n) is 7.29. The molecule has 0 spiro atoms. The van der Waals surface area contributed by atoms with Gasteiger partial charge in [-0.3, -0.25) is 29.8 Å². The summed E-state index contributed by atoms with van der Waals surface area (Å²) in [5.74, 6) is -1.23. The van der Waals surface area contributed by atoms with Crippen LogP contribution >= 0.6 is 0 Å². The molecule has 0 aromatic heterocycles. The molecule has 8 atom stereocenters. The van der Waals surface area contributed by atoms with Crippen molar-refractivity contribution >= 4 is 23.6 Å². The molecule has 6 fully saturated rings. The number of fused-ring (bicyclic) bond motifs is 2. The summed E-state index contributed by atoms with van der Waals surface area (Å²) in [6.07, 6.45) is 1.80. The summed E-state index contributed by atoms with van der Waals surface area (Å²) >= 11 is 0. The Morgan fingerprint density at radius 1 is 0.600 bits per heavy atom. The molecule has 2 N–H and O–H groups in total. The second kappa shape index (κ2) is 3.13. The minimum atomic E-state index is -0.257. The van der Waals surface area contributed by atoms with Crippen molar-refractivity contribution in [2.45, 2.75) is 12.8 Å². The molecule has 6 heteroatoms. The highest BCUT2D eigenvalue weighted by atomic mass is 16.2. The van der Waals surface area contributed by atoms with Crippen molar-refractivity contribution < 1.29 is 19.2 Å². The van der Waals surface area contributed by atoms with Crippen LogP contribution in [0.4, 0.5) is 0 Å². The summed E-state index contributed by atoms with van der Waals surface area (Å²) in [6.45, 7) is 0. The Labute approximate surface area is 114 Å². The third kappa shape index (κ3) is 0.949. The fraction of sp³-hybridized carbons (Fsp3) is 0.714. The first-order valence-corrected chi connectivity index (χ1v) is 7.29. The Balaban J connectivity index is 1.61. The van der Waals surface area contributed by atoms with Crippen molar-refractivity contribution in [3.05, 3.63) is 0 Å². The van der Waals surface area contributed by atoms with E-state index in [1.807, 2.05) is 0 Å². The number of imide groups is 2. The van der Waals surface area contributed by atoms with Crippen molar-refractivity contribution in [3.8, 4) is 0 Å². The number of carbonyl (C=O) groups excluding carboxylic acids is 4. The van der Waals surface area contributed by atoms with Crippen LogP contribution in [0.25, 0.3) is 0 Å². The van der Waals surface area contributed by atoms with Crippen LogP contribution < -0.4 is 10.6 Å². The van der Waals surface area contributed by atoms with Crippen LogP contribution in [-0.4, -0.2) is 23.6 Å². The fourth-order valence-corrected chi connectivity index (χ4v) is 6.02. The van der Waals surface area contributed by atoms with E-state index in [9.17, 15) is 19.2 Å². The highest BCUT2D eigenvalue weighted by Gasteiger charge is 2.73. The van der Waals surface area contributed by atoms with Crippen LogP contribution in [0.15, 0.2) is 0 Å². The summed E-state index contributed by atoms with van der Waals surface area (Å²) in [5.41, 5.74) is 0. The summed E-state index contributed by atoms with van der Waals surface area (Å²) < 4.78 is 0. The van der Waals surface area contributed by atoms with Gasteiger partial charge in [-0.2, -0.15) is 0 Å². The highest BCUT2D eigenvalue weighted by molar-refractivity contribution is 6.08. The second-order valence-electron chi connectivity index (χ2n) is 6.87. The molecule has 0 unspecified atom stereocenters. The number of rotatable bonds is 0. The van der Waals surface area contributed by atoms with Gasteiger partial charge in [0.05, 0.1) is 23.7 Å². The average Bonchev–Trinajstić information content (AvgIpc) is 2.78. The minimum Gasteiger partial charge on any atom is -0.296 e. The van der Waals surface area contributed by atoms with Crippen molar-refractivity contribution in [1.29, 1.82) is 0 Å². The molecule has 6 nitrogen and oxygen atoms in total. The molecule has 0 aromatic rings. The number of hydrogen-bond acceptors (Lipinski definition) is 4. The first kappa shape index (κ1) is 11.0. The molecule has 2 aliphatic heterocycles. The summed E-state index contributed by atoms with van der Waals surface area (Å²) in [6, 6.07) is 0. The molecule has 6 aliphatic rings. The van der Waals surface area contributed by atoms with Gasteiger partial charge in [0.25, 0.3) is 0 Å². The van der Waals surface area contributed by atoms with E-state index in [-0.39, 0.29) is 71.0 Å². The lowest BCUT2D eigenvalue weighted by Crippen LogP contribution is -2.65. The number of hydrogen-bond donors (Lipinski definition) is 2. The Bertz CT molecular complexity index is 546. The predicted molar refractivity (Wildman–Crippen MR) is 63.5 cm³/mol. The van der Waals surface area contributed by atoms with Gasteiger partial charge in [0, 0.05) is 0 Å². The van der Waals surface area contributed by atoms with E-state index >= 15 is 0 Å². The maximum Gasteiger partial charge on any atom is 0.230 e. The average molecular weight is 274 g/mol. The van der Waals surface area contributed by atoms with E-state index in [1.54, 1.807) is 0 Å². The van der Waals surface area contributed by atoms with Crippen LogP contribution in [0.1, 0.15) is 12.8 Å². The maximum absolute atomic E-state index is 12.0. The lowest BCUT2D eigenvalue weighted by Gasteiger charge is -2.62. The van der Waals surface area contributed by atoms with Crippen molar-refractivity contribution in [3.63, 3.8) is 0 Å². The monoisotopic (exact) mass is 274 g/mol. The van der Waals surface area contributed by atoms with Crippen molar-refractivity contribution in [2.24, 2.45) is 47.3 Å². The summed E-state index contributed by atoms with van der Waals surface area (Å²) in [4.78, 5) is 47.9. The van der Waals surface area contributed by atoms with Gasteiger partial charge in [0.1, 0.15) is 0 Å². The van der Waals surface area contributed by atoms with Crippen LogP contribution in [-0.2, 0) is 19.2 Å². The van der Waals surface area contributed by atoms with Gasteiger partial charge in [-0.05, 0) is 36.5 Å². The van der Waals surface area contributed by atoms with E-state index in [2.05, 4.69) is 10.6 Å². The Hall–Kier alpha value is -1.72. The summed E-state index contributed by atoms with van der Waals surface area (Å²) in [7, 11) is 0. The lowest BCUT2D eigenvalue weighted by molar-refractivity contribution is -0.190. The molecule has 4 amide bonds. The smallest absolute Gasteiger partial charge is 0.230 e. The van der Waals surface area contributed by atoms with Crippen LogP contribution in [0.3, 0.4) is 0 Å². The van der Waals surface area contributed by atoms with E-state index in [1.165, 1.54) is 0 Å². The maximum atomic E-state index is 12.0. The molecule has 2 saturated heterocycles. The molecule has 2 bridgehead atoms. The molecule has 104 valence electrons. The van der Waals surface area contributed by atoms with Gasteiger partial charge in [0.15, 0.2) is 0 Å². The van der Waals surface area contributed by atoms with E-state index < -0.39 is 0 Å². The molecule has 6 rings (SSSR count). The number of carbonyl (C=O) groups is 4. The zero-order valence-corrected chi connectivity index (χ0v) is 10.7. The molecule has 2 heterocycles. The third-order valence-electron chi connectivity index (χ3n) is 6.50. The van der Waals surface area contributed by atoms with Gasteiger partial charge in [-0.15, -0.1) is 0 Å². The number of amides is 4. The molecule has 20 heavy (non-hydrogen) atoms. The van der Waals surface area contributed by atoms with Gasteiger partial charge in [0.2, 0.25) is 23.6 Å². The Morgan fingerprint density at radius 2 is 0.950 bits per heavy atom. The number of nitrogens with one attached hydrogen (secondary N) is 2. The molecule has 4 aliphatic carbocycles. The molecular formula is C14H14N2O4. The van der Waals surface area contributed by atoms with Crippen molar-refractivity contribution in [2.75, 3.05) is 0 Å². The van der Waals surface area contributed by atoms with Crippen molar-refractivity contribution in [1.82, 2.24) is 10.6 Å². The summed E-state index contributed by atoms with van der Waals surface area (Å²) in [5, 5.41) is 4.88. The van der Waals surface area contributed by atoms with Gasteiger partial charge in [-0.1, -0.05) is 0 Å². The molecular weight excluding hydrogens is 260 g/mol. The Morgan fingerprint density at radius 3 is 1.35 bits per heavy atom. The highest BCUT2D eigenvalue weighted by Crippen LogP contribution is 2.68. The van der Waals surface area contributed by atoms with Gasteiger partial charge < -0.3 is 0 Å². The van der Waals surface area contributed by atoms with Gasteiger partial charge >= 0.3 is 0 Å².